The summed E-state index contributed by atoms with van der Waals surface area (Å²) in [6.45, 7) is 6.12. The zero-order valence-electron chi connectivity index (χ0n) is 10.2. The normalized spacial score (nSPS) is 18.4. The molecule has 0 aromatic heterocycles. The number of hydrogen-bond donors (Lipinski definition) is 0. The molecule has 1 amide bonds. The molecule has 84 valence electrons. The summed E-state index contributed by atoms with van der Waals surface area (Å²) in [5.41, 5.74) is 0. The van der Waals surface area contributed by atoms with Gasteiger partial charge in [0.1, 0.15) is 0 Å². The molecule has 0 saturated carbocycles. The number of amides is 1. The largest absolute Gasteiger partial charge is 0.349 e. The quantitative estimate of drug-likeness (QED) is 0.639. The standard InChI is InChI=1S/C9H18N2O.C2H6/c1-10(2)9(12)8-4-6-11(3)7-5-8;1-2/h8H,4-7H2,1-3H3;1-2H3. The Hall–Kier alpha value is -0.570. The van der Waals surface area contributed by atoms with Crippen molar-refractivity contribution in [1.82, 2.24) is 9.80 Å². The lowest BCUT2D eigenvalue weighted by Gasteiger charge is -2.29. The average Bonchev–Trinajstić information content (AvgIpc) is 2.21. The van der Waals surface area contributed by atoms with Crippen molar-refractivity contribution < 1.29 is 4.79 Å². The van der Waals surface area contributed by atoms with Gasteiger partial charge in [-0.05, 0) is 33.0 Å². The minimum atomic E-state index is 0.274. The van der Waals surface area contributed by atoms with E-state index in [2.05, 4.69) is 11.9 Å². The van der Waals surface area contributed by atoms with E-state index in [1.807, 2.05) is 27.9 Å². The highest BCUT2D eigenvalue weighted by Gasteiger charge is 2.23. The summed E-state index contributed by atoms with van der Waals surface area (Å²) < 4.78 is 0. The van der Waals surface area contributed by atoms with Crippen molar-refractivity contribution in [2.75, 3.05) is 34.2 Å². The van der Waals surface area contributed by atoms with Gasteiger partial charge in [-0.15, -0.1) is 0 Å². The third-order valence-electron chi connectivity index (χ3n) is 2.51. The molecule has 0 aromatic rings. The van der Waals surface area contributed by atoms with Crippen molar-refractivity contribution in [3.05, 3.63) is 0 Å². The molecule has 1 heterocycles. The lowest BCUT2D eigenvalue weighted by atomic mass is 9.96. The first-order valence-corrected chi connectivity index (χ1v) is 5.51. The van der Waals surface area contributed by atoms with E-state index in [-0.39, 0.29) is 5.92 Å². The molecule has 1 aliphatic rings. The molecule has 3 nitrogen and oxygen atoms in total. The molecule has 1 rings (SSSR count). The maximum absolute atomic E-state index is 11.5. The summed E-state index contributed by atoms with van der Waals surface area (Å²) >= 11 is 0. The fourth-order valence-corrected chi connectivity index (χ4v) is 1.62. The van der Waals surface area contributed by atoms with Crippen LogP contribution >= 0.6 is 0 Å². The molecule has 0 aliphatic carbocycles. The summed E-state index contributed by atoms with van der Waals surface area (Å²) in [4.78, 5) is 15.5. The molecular weight excluding hydrogens is 176 g/mol. The Labute approximate surface area is 88.1 Å². The van der Waals surface area contributed by atoms with E-state index in [9.17, 15) is 4.79 Å². The van der Waals surface area contributed by atoms with Crippen molar-refractivity contribution in [3.63, 3.8) is 0 Å². The Morgan fingerprint density at radius 1 is 1.21 bits per heavy atom. The van der Waals surface area contributed by atoms with Gasteiger partial charge in [-0.2, -0.15) is 0 Å². The minimum Gasteiger partial charge on any atom is -0.349 e. The first kappa shape index (κ1) is 13.4. The smallest absolute Gasteiger partial charge is 0.225 e. The van der Waals surface area contributed by atoms with E-state index in [0.717, 1.165) is 25.9 Å². The molecule has 0 bridgehead atoms. The van der Waals surface area contributed by atoms with Gasteiger partial charge in [-0.1, -0.05) is 13.8 Å². The molecule has 1 fully saturated rings. The Balaban J connectivity index is 0.000000791. The second-order valence-corrected chi connectivity index (χ2v) is 3.81. The van der Waals surface area contributed by atoms with Crippen molar-refractivity contribution in [2.45, 2.75) is 26.7 Å². The van der Waals surface area contributed by atoms with Crippen LogP contribution in [0.1, 0.15) is 26.7 Å². The molecule has 0 spiro atoms. The van der Waals surface area contributed by atoms with Crippen LogP contribution in [0.3, 0.4) is 0 Å². The summed E-state index contributed by atoms with van der Waals surface area (Å²) in [5, 5.41) is 0. The molecule has 0 radical (unpaired) electrons. The van der Waals surface area contributed by atoms with E-state index < -0.39 is 0 Å². The van der Waals surface area contributed by atoms with Gasteiger partial charge in [-0.25, -0.2) is 0 Å². The summed E-state index contributed by atoms with van der Waals surface area (Å²) in [6.07, 6.45) is 2.04. The number of carbonyl (C=O) groups excluding carboxylic acids is 1. The van der Waals surface area contributed by atoms with Crippen molar-refractivity contribution in [1.29, 1.82) is 0 Å². The fourth-order valence-electron chi connectivity index (χ4n) is 1.62. The first-order valence-electron chi connectivity index (χ1n) is 5.51. The highest BCUT2D eigenvalue weighted by molar-refractivity contribution is 5.78. The van der Waals surface area contributed by atoms with Crippen LogP contribution < -0.4 is 0 Å². The Morgan fingerprint density at radius 2 is 1.64 bits per heavy atom. The van der Waals surface area contributed by atoms with Gasteiger partial charge < -0.3 is 9.80 Å². The van der Waals surface area contributed by atoms with Crippen molar-refractivity contribution in [2.24, 2.45) is 5.92 Å². The molecule has 14 heavy (non-hydrogen) atoms. The highest BCUT2D eigenvalue weighted by Crippen LogP contribution is 2.17. The second-order valence-electron chi connectivity index (χ2n) is 3.81. The lowest BCUT2D eigenvalue weighted by molar-refractivity contribution is -0.134. The van der Waals surface area contributed by atoms with E-state index >= 15 is 0 Å². The first-order chi connectivity index (χ1) is 6.61. The predicted molar refractivity (Wildman–Crippen MR) is 60.3 cm³/mol. The third kappa shape index (κ3) is 4.09. The van der Waals surface area contributed by atoms with Gasteiger partial charge in [0.05, 0.1) is 0 Å². The molecular formula is C11H24N2O. The van der Waals surface area contributed by atoms with E-state index in [1.165, 1.54) is 0 Å². The van der Waals surface area contributed by atoms with Crippen LogP contribution in [0, 0.1) is 5.92 Å². The van der Waals surface area contributed by atoms with Gasteiger partial charge in [0.15, 0.2) is 0 Å². The molecule has 0 unspecified atom stereocenters. The van der Waals surface area contributed by atoms with Gasteiger partial charge in [-0.3, -0.25) is 4.79 Å². The lowest BCUT2D eigenvalue weighted by Crippen LogP contribution is -2.38. The zero-order chi connectivity index (χ0) is 11.1. The average molecular weight is 200 g/mol. The minimum absolute atomic E-state index is 0.274. The Kier molecular flexibility index (Phi) is 6.54. The van der Waals surface area contributed by atoms with Crippen molar-refractivity contribution >= 4 is 5.91 Å². The van der Waals surface area contributed by atoms with Crippen LogP contribution in [-0.2, 0) is 4.79 Å². The van der Waals surface area contributed by atoms with E-state index in [4.69, 9.17) is 0 Å². The molecule has 1 saturated heterocycles. The number of rotatable bonds is 1. The number of likely N-dealkylation sites (tertiary alicyclic amines) is 1. The van der Waals surface area contributed by atoms with Gasteiger partial charge in [0.2, 0.25) is 5.91 Å². The van der Waals surface area contributed by atoms with Crippen LogP contribution in [0.2, 0.25) is 0 Å². The monoisotopic (exact) mass is 200 g/mol. The van der Waals surface area contributed by atoms with Crippen molar-refractivity contribution in [3.8, 4) is 0 Å². The third-order valence-corrected chi connectivity index (χ3v) is 2.51. The van der Waals surface area contributed by atoms with Gasteiger partial charge in [0.25, 0.3) is 0 Å². The number of piperidine rings is 1. The van der Waals surface area contributed by atoms with Gasteiger partial charge in [0, 0.05) is 20.0 Å². The molecule has 0 N–H and O–H groups in total. The maximum atomic E-state index is 11.5. The topological polar surface area (TPSA) is 23.6 Å². The zero-order valence-corrected chi connectivity index (χ0v) is 10.2. The molecule has 1 aliphatic heterocycles. The fraction of sp³-hybridized carbons (Fsp3) is 0.909. The Morgan fingerprint density at radius 3 is 2.00 bits per heavy atom. The van der Waals surface area contributed by atoms with Crippen LogP contribution in [0.4, 0.5) is 0 Å². The predicted octanol–water partition coefficient (Wildman–Crippen LogP) is 1.44. The molecule has 0 atom stereocenters. The Bertz CT molecular complexity index is 161. The van der Waals surface area contributed by atoms with Gasteiger partial charge >= 0.3 is 0 Å². The van der Waals surface area contributed by atoms with E-state index in [0.29, 0.717) is 5.91 Å². The van der Waals surface area contributed by atoms with Crippen LogP contribution in [0.5, 0.6) is 0 Å². The van der Waals surface area contributed by atoms with Crippen LogP contribution in [-0.4, -0.2) is 49.9 Å². The molecule has 0 aromatic carbocycles. The number of nitrogens with zero attached hydrogens (tertiary/aromatic N) is 2. The number of hydrogen-bond acceptors (Lipinski definition) is 2. The highest BCUT2D eigenvalue weighted by atomic mass is 16.2. The number of carbonyl (C=O) groups is 1. The maximum Gasteiger partial charge on any atom is 0.225 e. The SMILES string of the molecule is CC.CN1CCC(C(=O)N(C)C)CC1. The molecule has 3 heteroatoms. The summed E-state index contributed by atoms with van der Waals surface area (Å²) in [6, 6.07) is 0. The van der Waals surface area contributed by atoms with Crippen LogP contribution in [0.25, 0.3) is 0 Å². The second kappa shape index (κ2) is 6.82. The van der Waals surface area contributed by atoms with Crippen LogP contribution in [0.15, 0.2) is 0 Å². The summed E-state index contributed by atoms with van der Waals surface area (Å²) in [7, 11) is 5.78. The van der Waals surface area contributed by atoms with E-state index in [1.54, 1.807) is 4.90 Å². The summed E-state index contributed by atoms with van der Waals surface area (Å²) in [5.74, 6) is 0.569.